The molecule has 0 aliphatic carbocycles. The molecular weight excluding hydrogens is 263 g/mol. The average Bonchev–Trinajstić information content (AvgIpc) is 2.31. The molecule has 1 aromatic rings. The predicted molar refractivity (Wildman–Crippen MR) is 68.5 cm³/mol. The molecule has 0 fully saturated rings. The van der Waals surface area contributed by atoms with Gasteiger partial charge in [-0.05, 0) is 24.1 Å². The molecule has 0 saturated carbocycles. The summed E-state index contributed by atoms with van der Waals surface area (Å²) in [6, 6.07) is 5.04. The first-order valence-electron chi connectivity index (χ1n) is 5.07. The Morgan fingerprint density at radius 2 is 2.18 bits per heavy atom. The number of carbonyl (C=O) groups is 1. The largest absolute Gasteiger partial charge is 0.448 e. The normalized spacial score (nSPS) is 12.0. The van der Waals surface area contributed by atoms with Crippen molar-refractivity contribution in [2.75, 3.05) is 13.7 Å². The van der Waals surface area contributed by atoms with E-state index in [9.17, 15) is 4.79 Å². The van der Waals surface area contributed by atoms with Gasteiger partial charge in [-0.15, -0.1) is 0 Å². The monoisotopic (exact) mass is 276 g/mol. The molecule has 0 heterocycles. The number of nitrogens with one attached hydrogen (secondary N) is 1. The number of nitrogens with two attached hydrogens (primary N) is 1. The predicted octanol–water partition coefficient (Wildman–Crippen LogP) is 2.22. The number of halogens is 2. The molecule has 0 unspecified atom stereocenters. The lowest BCUT2D eigenvalue weighted by molar-refractivity contribution is 0.141. The van der Waals surface area contributed by atoms with Gasteiger partial charge >= 0.3 is 6.09 Å². The standard InChI is InChI=1S/C11H14Cl2N2O2/c1-15-11(16)17-6-8(14)4-7-2-3-9(12)10(13)5-7/h2-3,5,8H,4,6,14H2,1H3,(H,15,16)/t8-/m1/s1. The highest BCUT2D eigenvalue weighted by atomic mass is 35.5. The van der Waals surface area contributed by atoms with E-state index >= 15 is 0 Å². The zero-order valence-corrected chi connectivity index (χ0v) is 10.9. The second-order valence-corrected chi connectivity index (χ2v) is 4.38. The Morgan fingerprint density at radius 1 is 1.47 bits per heavy atom. The topological polar surface area (TPSA) is 64.3 Å². The van der Waals surface area contributed by atoms with Crippen molar-refractivity contribution in [3.05, 3.63) is 33.8 Å². The van der Waals surface area contributed by atoms with Crippen LogP contribution in [0.1, 0.15) is 5.56 Å². The Balaban J connectivity index is 2.47. The second-order valence-electron chi connectivity index (χ2n) is 3.56. The van der Waals surface area contributed by atoms with Crippen LogP contribution in [0.4, 0.5) is 4.79 Å². The highest BCUT2D eigenvalue weighted by Crippen LogP contribution is 2.22. The van der Waals surface area contributed by atoms with Crippen molar-refractivity contribution < 1.29 is 9.53 Å². The highest BCUT2D eigenvalue weighted by molar-refractivity contribution is 6.42. The van der Waals surface area contributed by atoms with E-state index in [2.05, 4.69) is 5.32 Å². The summed E-state index contributed by atoms with van der Waals surface area (Å²) in [5.74, 6) is 0. The van der Waals surface area contributed by atoms with Gasteiger partial charge in [0.25, 0.3) is 0 Å². The van der Waals surface area contributed by atoms with Gasteiger partial charge in [-0.3, -0.25) is 0 Å². The minimum absolute atomic E-state index is 0.153. The number of carbonyl (C=O) groups excluding carboxylic acids is 1. The molecule has 0 radical (unpaired) electrons. The van der Waals surface area contributed by atoms with Crippen LogP contribution in [0.3, 0.4) is 0 Å². The van der Waals surface area contributed by atoms with Crippen LogP contribution in [0.5, 0.6) is 0 Å². The number of benzene rings is 1. The zero-order valence-electron chi connectivity index (χ0n) is 9.37. The van der Waals surface area contributed by atoms with Crippen LogP contribution >= 0.6 is 23.2 Å². The molecule has 6 heteroatoms. The molecule has 1 rings (SSSR count). The Morgan fingerprint density at radius 3 is 2.76 bits per heavy atom. The first-order valence-corrected chi connectivity index (χ1v) is 5.82. The molecule has 0 saturated heterocycles. The van der Waals surface area contributed by atoms with E-state index in [0.29, 0.717) is 16.5 Å². The van der Waals surface area contributed by atoms with Crippen molar-refractivity contribution in [1.82, 2.24) is 5.32 Å². The Hall–Kier alpha value is -0.970. The molecule has 0 aliphatic heterocycles. The number of amides is 1. The van der Waals surface area contributed by atoms with Crippen molar-refractivity contribution in [1.29, 1.82) is 0 Å². The van der Waals surface area contributed by atoms with Crippen LogP contribution in [0.25, 0.3) is 0 Å². The SMILES string of the molecule is CNC(=O)OC[C@H](N)Cc1ccc(Cl)c(Cl)c1. The lowest BCUT2D eigenvalue weighted by Crippen LogP contribution is -2.32. The summed E-state index contributed by atoms with van der Waals surface area (Å²) < 4.78 is 4.85. The van der Waals surface area contributed by atoms with Crippen LogP contribution in [-0.4, -0.2) is 25.8 Å². The minimum Gasteiger partial charge on any atom is -0.448 e. The van der Waals surface area contributed by atoms with Gasteiger partial charge in [0.1, 0.15) is 6.61 Å². The number of hydrogen-bond donors (Lipinski definition) is 2. The van der Waals surface area contributed by atoms with E-state index in [-0.39, 0.29) is 12.6 Å². The molecule has 4 nitrogen and oxygen atoms in total. The van der Waals surface area contributed by atoms with Crippen molar-refractivity contribution in [2.45, 2.75) is 12.5 Å². The second kappa shape index (κ2) is 6.69. The Bertz CT molecular complexity index is 399. The fourth-order valence-corrected chi connectivity index (χ4v) is 1.60. The summed E-state index contributed by atoms with van der Waals surface area (Å²) in [5.41, 5.74) is 6.77. The van der Waals surface area contributed by atoms with Crippen LogP contribution in [0.15, 0.2) is 18.2 Å². The van der Waals surface area contributed by atoms with Gasteiger partial charge in [0, 0.05) is 13.1 Å². The lowest BCUT2D eigenvalue weighted by atomic mass is 10.1. The third-order valence-corrected chi connectivity index (χ3v) is 2.85. The summed E-state index contributed by atoms with van der Waals surface area (Å²) in [4.78, 5) is 10.8. The van der Waals surface area contributed by atoms with E-state index in [0.717, 1.165) is 5.56 Å². The number of hydrogen-bond acceptors (Lipinski definition) is 3. The maximum absolute atomic E-state index is 10.8. The Kier molecular flexibility index (Phi) is 5.55. The fraction of sp³-hybridized carbons (Fsp3) is 0.364. The summed E-state index contributed by atoms with van der Waals surface area (Å²) >= 11 is 11.7. The average molecular weight is 277 g/mol. The van der Waals surface area contributed by atoms with Crippen LogP contribution < -0.4 is 11.1 Å². The molecule has 0 bridgehead atoms. The quantitative estimate of drug-likeness (QED) is 0.886. The highest BCUT2D eigenvalue weighted by Gasteiger charge is 2.08. The van der Waals surface area contributed by atoms with Crippen molar-refractivity contribution in [3.8, 4) is 0 Å². The molecule has 17 heavy (non-hydrogen) atoms. The third-order valence-electron chi connectivity index (χ3n) is 2.11. The lowest BCUT2D eigenvalue weighted by Gasteiger charge is -2.12. The molecular formula is C11H14Cl2N2O2. The fourth-order valence-electron chi connectivity index (χ4n) is 1.28. The molecule has 1 atom stereocenters. The van der Waals surface area contributed by atoms with Gasteiger partial charge < -0.3 is 15.8 Å². The summed E-state index contributed by atoms with van der Waals surface area (Å²) in [6.07, 6.45) is 0.0723. The summed E-state index contributed by atoms with van der Waals surface area (Å²) in [5, 5.41) is 3.34. The molecule has 3 N–H and O–H groups in total. The van der Waals surface area contributed by atoms with E-state index in [4.69, 9.17) is 33.7 Å². The van der Waals surface area contributed by atoms with Crippen molar-refractivity contribution in [3.63, 3.8) is 0 Å². The van der Waals surface area contributed by atoms with E-state index < -0.39 is 6.09 Å². The molecule has 1 amide bonds. The van der Waals surface area contributed by atoms with Gasteiger partial charge in [-0.25, -0.2) is 4.79 Å². The van der Waals surface area contributed by atoms with Crippen molar-refractivity contribution in [2.24, 2.45) is 5.73 Å². The van der Waals surface area contributed by atoms with Crippen molar-refractivity contribution >= 4 is 29.3 Å². The minimum atomic E-state index is -0.491. The maximum Gasteiger partial charge on any atom is 0.406 e. The van der Waals surface area contributed by atoms with Gasteiger partial charge in [0.2, 0.25) is 0 Å². The third kappa shape index (κ3) is 4.81. The molecule has 94 valence electrons. The van der Waals surface area contributed by atoms with E-state index in [1.807, 2.05) is 6.07 Å². The first kappa shape index (κ1) is 14.1. The zero-order chi connectivity index (χ0) is 12.8. The van der Waals surface area contributed by atoms with Crippen LogP contribution in [0.2, 0.25) is 10.0 Å². The summed E-state index contributed by atoms with van der Waals surface area (Å²) in [7, 11) is 1.49. The number of ether oxygens (including phenoxy) is 1. The number of rotatable bonds is 4. The maximum atomic E-state index is 10.8. The molecule has 0 spiro atoms. The molecule has 0 aliphatic rings. The smallest absolute Gasteiger partial charge is 0.406 e. The van der Waals surface area contributed by atoms with E-state index in [1.165, 1.54) is 7.05 Å². The molecule has 1 aromatic carbocycles. The van der Waals surface area contributed by atoms with Gasteiger partial charge in [0.15, 0.2) is 0 Å². The van der Waals surface area contributed by atoms with Crippen LogP contribution in [-0.2, 0) is 11.2 Å². The van der Waals surface area contributed by atoms with Gasteiger partial charge in [-0.2, -0.15) is 0 Å². The van der Waals surface area contributed by atoms with Crippen LogP contribution in [0, 0.1) is 0 Å². The first-order chi connectivity index (χ1) is 8.02. The van der Waals surface area contributed by atoms with Gasteiger partial charge in [-0.1, -0.05) is 29.3 Å². The van der Waals surface area contributed by atoms with Gasteiger partial charge in [0.05, 0.1) is 10.0 Å². The number of alkyl carbamates (subject to hydrolysis) is 1. The molecule has 0 aromatic heterocycles. The van der Waals surface area contributed by atoms with E-state index in [1.54, 1.807) is 12.1 Å². The Labute approximate surface area is 110 Å². The summed E-state index contributed by atoms with van der Waals surface area (Å²) in [6.45, 7) is 0.153.